The molecule has 0 rings (SSSR count). The van der Waals surface area contributed by atoms with Gasteiger partial charge >= 0.3 is 5.97 Å². The highest BCUT2D eigenvalue weighted by Gasteiger charge is 2.33. The van der Waals surface area contributed by atoms with Crippen molar-refractivity contribution in [2.75, 3.05) is 6.54 Å². The molecule has 0 bridgehead atoms. The Morgan fingerprint density at radius 1 is 0.724 bits per heavy atom. The molecule has 0 fully saturated rings. The van der Waals surface area contributed by atoms with Crippen LogP contribution in [0.1, 0.15) is 117 Å². The second-order valence-electron chi connectivity index (χ2n) is 7.98. The third-order valence-corrected chi connectivity index (χ3v) is 5.30. The highest BCUT2D eigenvalue weighted by Crippen LogP contribution is 2.16. The van der Waals surface area contributed by atoms with Gasteiger partial charge in [-0.1, -0.05) is 78.1 Å². The van der Waals surface area contributed by atoms with Gasteiger partial charge in [0.1, 0.15) is 6.04 Å². The average molecular weight is 413 g/mol. The zero-order chi connectivity index (χ0) is 21.9. The van der Waals surface area contributed by atoms with Gasteiger partial charge in [0.05, 0.1) is 0 Å². The molecule has 29 heavy (non-hydrogen) atoms. The number of amides is 2. The Morgan fingerprint density at radius 2 is 1.14 bits per heavy atom. The number of carbonyl (C=O) groups excluding carboxylic acids is 2. The minimum atomic E-state index is -1.12. The number of rotatable bonds is 19. The van der Waals surface area contributed by atoms with E-state index in [-0.39, 0.29) is 31.1 Å². The van der Waals surface area contributed by atoms with E-state index in [1.54, 1.807) is 0 Å². The third kappa shape index (κ3) is 13.4. The molecule has 170 valence electrons. The first kappa shape index (κ1) is 27.6. The molecule has 0 aliphatic rings. The highest BCUT2D eigenvalue weighted by molar-refractivity contribution is 5.99. The van der Waals surface area contributed by atoms with Crippen LogP contribution in [-0.4, -0.2) is 40.4 Å². The summed E-state index contributed by atoms with van der Waals surface area (Å²) in [6.07, 6.45) is 13.6. The number of nitrogens with zero attached hydrogens (tertiary/aromatic N) is 1. The fourth-order valence-corrected chi connectivity index (χ4v) is 3.51. The molecule has 1 atom stereocenters. The van der Waals surface area contributed by atoms with Crippen molar-refractivity contribution in [2.24, 2.45) is 5.73 Å². The molecule has 3 N–H and O–H groups in total. The molecule has 0 spiro atoms. The summed E-state index contributed by atoms with van der Waals surface area (Å²) in [6.45, 7) is 4.66. The monoisotopic (exact) mass is 412 g/mol. The van der Waals surface area contributed by atoms with Crippen LogP contribution < -0.4 is 5.73 Å². The fraction of sp³-hybridized carbons (Fsp3) is 0.870. The van der Waals surface area contributed by atoms with Gasteiger partial charge < -0.3 is 10.8 Å². The van der Waals surface area contributed by atoms with Crippen molar-refractivity contribution in [3.8, 4) is 0 Å². The number of nitrogens with two attached hydrogens (primary N) is 1. The van der Waals surface area contributed by atoms with E-state index in [2.05, 4.69) is 13.8 Å². The van der Waals surface area contributed by atoms with Gasteiger partial charge in [0.25, 0.3) is 0 Å². The Kier molecular flexibility index (Phi) is 17.7. The minimum Gasteiger partial charge on any atom is -0.480 e. The maximum atomic E-state index is 12.8. The molecule has 0 aromatic rings. The number of hydrogen-bond donors (Lipinski definition) is 2. The molecule has 2 amide bonds. The van der Waals surface area contributed by atoms with Crippen molar-refractivity contribution in [2.45, 2.75) is 123 Å². The molecular formula is C23H44N2O4. The van der Waals surface area contributed by atoms with Gasteiger partial charge in [-0.05, 0) is 32.2 Å². The Hall–Kier alpha value is -1.43. The zero-order valence-corrected chi connectivity index (χ0v) is 18.8. The van der Waals surface area contributed by atoms with Crippen LogP contribution in [0.15, 0.2) is 0 Å². The number of carboxylic acid groups (broad SMARTS) is 1. The van der Waals surface area contributed by atoms with Gasteiger partial charge in [-0.2, -0.15) is 0 Å². The lowest BCUT2D eigenvalue weighted by Gasteiger charge is -2.27. The van der Waals surface area contributed by atoms with Crippen LogP contribution in [0, 0.1) is 0 Å². The van der Waals surface area contributed by atoms with Crippen LogP contribution in [0.5, 0.6) is 0 Å². The van der Waals surface area contributed by atoms with Crippen LogP contribution >= 0.6 is 0 Å². The van der Waals surface area contributed by atoms with Crippen LogP contribution in [0.4, 0.5) is 0 Å². The number of aliphatic carboxylic acids is 1. The lowest BCUT2D eigenvalue weighted by Crippen LogP contribution is -2.48. The smallest absolute Gasteiger partial charge is 0.326 e. The molecule has 0 aliphatic carbocycles. The molecule has 0 aromatic heterocycles. The molecule has 0 aliphatic heterocycles. The van der Waals surface area contributed by atoms with E-state index in [0.717, 1.165) is 43.4 Å². The van der Waals surface area contributed by atoms with Crippen LogP contribution in [0.3, 0.4) is 0 Å². The van der Waals surface area contributed by atoms with Crippen molar-refractivity contribution in [1.29, 1.82) is 0 Å². The van der Waals surface area contributed by atoms with E-state index in [0.29, 0.717) is 25.8 Å². The fourth-order valence-electron chi connectivity index (χ4n) is 3.51. The molecule has 0 heterocycles. The van der Waals surface area contributed by atoms with Crippen molar-refractivity contribution in [1.82, 2.24) is 4.90 Å². The summed E-state index contributed by atoms with van der Waals surface area (Å²) >= 11 is 0. The second-order valence-corrected chi connectivity index (χ2v) is 7.98. The van der Waals surface area contributed by atoms with Crippen molar-refractivity contribution in [3.63, 3.8) is 0 Å². The molecule has 0 saturated carbocycles. The topological polar surface area (TPSA) is 101 Å². The summed E-state index contributed by atoms with van der Waals surface area (Å²) in [5.74, 6) is -1.81. The first-order valence-electron chi connectivity index (χ1n) is 11.8. The maximum Gasteiger partial charge on any atom is 0.326 e. The van der Waals surface area contributed by atoms with E-state index in [1.165, 1.54) is 25.7 Å². The van der Waals surface area contributed by atoms with Crippen LogP contribution in [0.2, 0.25) is 0 Å². The van der Waals surface area contributed by atoms with E-state index >= 15 is 0 Å². The summed E-state index contributed by atoms with van der Waals surface area (Å²) in [7, 11) is 0. The standard InChI is InChI=1S/C23H44N2O4/c1-3-5-7-9-11-13-17-21(26)25(20(23(28)29)16-15-19-24)22(27)18-14-12-10-8-6-4-2/h20H,3-19,24H2,1-2H3,(H,28,29). The Labute approximate surface area is 177 Å². The summed E-state index contributed by atoms with van der Waals surface area (Å²) in [5, 5.41) is 9.62. The SMILES string of the molecule is CCCCCCCCC(=O)N(C(=O)CCCCCCCC)C(CCCN)C(=O)O. The van der Waals surface area contributed by atoms with E-state index in [4.69, 9.17) is 5.73 Å². The maximum absolute atomic E-state index is 12.8. The highest BCUT2D eigenvalue weighted by atomic mass is 16.4. The summed E-state index contributed by atoms with van der Waals surface area (Å²) in [4.78, 5) is 38.3. The van der Waals surface area contributed by atoms with Gasteiger partial charge in [0, 0.05) is 12.8 Å². The lowest BCUT2D eigenvalue weighted by molar-refractivity contribution is -0.158. The normalized spacial score (nSPS) is 12.0. The Morgan fingerprint density at radius 3 is 1.52 bits per heavy atom. The molecular weight excluding hydrogens is 368 g/mol. The summed E-state index contributed by atoms with van der Waals surface area (Å²) in [5.41, 5.74) is 5.52. The van der Waals surface area contributed by atoms with Crippen molar-refractivity contribution in [3.05, 3.63) is 0 Å². The third-order valence-electron chi connectivity index (χ3n) is 5.30. The first-order chi connectivity index (χ1) is 14.0. The average Bonchev–Trinajstić information content (AvgIpc) is 2.69. The number of carboxylic acids is 1. The Bertz CT molecular complexity index is 426. The lowest BCUT2D eigenvalue weighted by atomic mass is 10.0. The van der Waals surface area contributed by atoms with Crippen LogP contribution in [-0.2, 0) is 14.4 Å². The van der Waals surface area contributed by atoms with Gasteiger partial charge in [0.2, 0.25) is 11.8 Å². The number of hydrogen-bond acceptors (Lipinski definition) is 4. The predicted octanol–water partition coefficient (Wildman–Crippen LogP) is 5.03. The second kappa shape index (κ2) is 18.6. The largest absolute Gasteiger partial charge is 0.480 e. The van der Waals surface area contributed by atoms with Gasteiger partial charge in [-0.15, -0.1) is 0 Å². The number of unbranched alkanes of at least 4 members (excludes halogenated alkanes) is 10. The van der Waals surface area contributed by atoms with E-state index in [9.17, 15) is 19.5 Å². The zero-order valence-electron chi connectivity index (χ0n) is 18.8. The molecule has 0 saturated heterocycles. The minimum absolute atomic E-state index is 0.219. The van der Waals surface area contributed by atoms with E-state index < -0.39 is 12.0 Å². The molecule has 6 nitrogen and oxygen atoms in total. The van der Waals surface area contributed by atoms with Gasteiger partial charge in [0.15, 0.2) is 0 Å². The van der Waals surface area contributed by atoms with Gasteiger partial charge in [-0.3, -0.25) is 14.5 Å². The van der Waals surface area contributed by atoms with Crippen molar-refractivity contribution < 1.29 is 19.5 Å². The predicted molar refractivity (Wildman–Crippen MR) is 118 cm³/mol. The van der Waals surface area contributed by atoms with E-state index in [1.807, 2.05) is 0 Å². The van der Waals surface area contributed by atoms with Crippen molar-refractivity contribution >= 4 is 17.8 Å². The summed E-state index contributed by atoms with van der Waals surface area (Å²) in [6, 6.07) is -1.10. The number of imide groups is 1. The van der Waals surface area contributed by atoms with Gasteiger partial charge in [-0.25, -0.2) is 4.79 Å². The quantitative estimate of drug-likeness (QED) is 0.290. The first-order valence-corrected chi connectivity index (χ1v) is 11.8. The molecule has 1 unspecified atom stereocenters. The summed E-state index contributed by atoms with van der Waals surface area (Å²) < 4.78 is 0. The number of carbonyl (C=O) groups is 3. The van der Waals surface area contributed by atoms with Crippen LogP contribution in [0.25, 0.3) is 0 Å². The Balaban J connectivity index is 4.78. The molecule has 6 heteroatoms. The molecule has 0 aromatic carbocycles. The molecule has 0 radical (unpaired) electrons.